The van der Waals surface area contributed by atoms with Crippen molar-refractivity contribution in [1.29, 1.82) is 0 Å². The number of hydrazine groups is 1. The summed E-state index contributed by atoms with van der Waals surface area (Å²) in [6.45, 7) is 0. The Kier molecular flexibility index (Phi) is 4.07. The predicted molar refractivity (Wildman–Crippen MR) is 90.8 cm³/mol. The first-order valence-electron chi connectivity index (χ1n) is 5.86. The summed E-state index contributed by atoms with van der Waals surface area (Å²) >= 11 is 8.50. The van der Waals surface area contributed by atoms with Crippen LogP contribution in [-0.4, -0.2) is 19.7 Å². The highest BCUT2D eigenvalue weighted by Gasteiger charge is 2.13. The number of halogens is 2. The molecular formula is C12H10Br2N6S. The van der Waals surface area contributed by atoms with Gasteiger partial charge in [0, 0.05) is 29.3 Å². The van der Waals surface area contributed by atoms with Crippen LogP contribution in [0.3, 0.4) is 0 Å². The molecule has 0 bridgehead atoms. The zero-order valence-electron chi connectivity index (χ0n) is 10.8. The van der Waals surface area contributed by atoms with Crippen LogP contribution in [0.1, 0.15) is 0 Å². The average molecular weight is 430 g/mol. The highest BCUT2D eigenvalue weighted by atomic mass is 79.9. The maximum atomic E-state index is 5.51. The van der Waals surface area contributed by atoms with Crippen LogP contribution in [0.4, 0.5) is 5.82 Å². The fourth-order valence-corrected chi connectivity index (χ4v) is 3.76. The Bertz CT molecular complexity index is 777. The summed E-state index contributed by atoms with van der Waals surface area (Å²) < 4.78 is 3.70. The Hall–Kier alpha value is -1.29. The molecular weight excluding hydrogens is 420 g/mol. The molecule has 3 N–H and O–H groups in total. The minimum absolute atomic E-state index is 0.555. The van der Waals surface area contributed by atoms with Gasteiger partial charge in [-0.15, -0.1) is 11.3 Å². The third kappa shape index (κ3) is 3.00. The molecule has 0 atom stereocenters. The summed E-state index contributed by atoms with van der Waals surface area (Å²) in [5, 5.41) is 4.16. The number of rotatable bonds is 3. The first-order chi connectivity index (χ1) is 10.1. The Balaban J connectivity index is 2.13. The Morgan fingerprint density at radius 2 is 2.10 bits per heavy atom. The van der Waals surface area contributed by atoms with Crippen LogP contribution in [0, 0.1) is 0 Å². The van der Waals surface area contributed by atoms with E-state index in [-0.39, 0.29) is 0 Å². The Morgan fingerprint density at radius 1 is 1.29 bits per heavy atom. The van der Waals surface area contributed by atoms with Crippen molar-refractivity contribution in [2.45, 2.75) is 0 Å². The summed E-state index contributed by atoms with van der Waals surface area (Å²) in [5.41, 5.74) is 4.25. The van der Waals surface area contributed by atoms with E-state index in [0.29, 0.717) is 11.6 Å². The Labute approximate surface area is 141 Å². The molecule has 3 heterocycles. The molecule has 9 heteroatoms. The van der Waals surface area contributed by atoms with E-state index < -0.39 is 0 Å². The molecule has 0 unspecified atom stereocenters. The number of nitrogens with one attached hydrogen (secondary N) is 1. The second kappa shape index (κ2) is 5.84. The quantitative estimate of drug-likeness (QED) is 0.492. The zero-order chi connectivity index (χ0) is 15.0. The van der Waals surface area contributed by atoms with Gasteiger partial charge >= 0.3 is 0 Å². The summed E-state index contributed by atoms with van der Waals surface area (Å²) in [6, 6.07) is 3.76. The lowest BCUT2D eigenvalue weighted by Gasteiger charge is -2.05. The lowest BCUT2D eigenvalue weighted by molar-refractivity contribution is 0.768. The standard InChI is InChI=1S/C12H10Br2N6S/c1-20-5-6(4-16-20)8-3-10(19-15)18-12(17-8)9-2-7(13)11(14)21-9/h2-5H,15H2,1H3,(H,17,18,19). The lowest BCUT2D eigenvalue weighted by atomic mass is 10.2. The number of aryl methyl sites for hydroxylation is 1. The molecule has 0 aliphatic carbocycles. The van der Waals surface area contributed by atoms with E-state index in [4.69, 9.17) is 5.84 Å². The van der Waals surface area contributed by atoms with Crippen molar-refractivity contribution < 1.29 is 0 Å². The number of anilines is 1. The number of nitrogen functional groups attached to an aromatic ring is 1. The highest BCUT2D eigenvalue weighted by molar-refractivity contribution is 9.13. The Morgan fingerprint density at radius 3 is 2.67 bits per heavy atom. The molecule has 0 radical (unpaired) electrons. The van der Waals surface area contributed by atoms with Crippen LogP contribution in [0.2, 0.25) is 0 Å². The van der Waals surface area contributed by atoms with Gasteiger partial charge in [0.1, 0.15) is 5.82 Å². The molecule has 108 valence electrons. The minimum atomic E-state index is 0.555. The summed E-state index contributed by atoms with van der Waals surface area (Å²) in [5.74, 6) is 6.67. The average Bonchev–Trinajstić information content (AvgIpc) is 3.05. The van der Waals surface area contributed by atoms with Gasteiger partial charge < -0.3 is 5.43 Å². The predicted octanol–water partition coefficient (Wildman–Crippen LogP) is 3.42. The molecule has 0 spiro atoms. The first-order valence-corrected chi connectivity index (χ1v) is 8.27. The van der Waals surface area contributed by atoms with Crippen molar-refractivity contribution >= 4 is 49.0 Å². The largest absolute Gasteiger partial charge is 0.308 e. The van der Waals surface area contributed by atoms with E-state index in [1.54, 1.807) is 28.3 Å². The first kappa shape index (κ1) is 14.6. The van der Waals surface area contributed by atoms with Gasteiger partial charge in [0.15, 0.2) is 5.82 Å². The van der Waals surface area contributed by atoms with Gasteiger partial charge in [-0.3, -0.25) is 4.68 Å². The molecule has 0 fully saturated rings. The highest BCUT2D eigenvalue weighted by Crippen LogP contribution is 2.37. The second-order valence-corrected chi connectivity index (χ2v) is 7.47. The molecule has 0 aliphatic heterocycles. The van der Waals surface area contributed by atoms with Crippen molar-refractivity contribution in [3.8, 4) is 22.0 Å². The molecule has 21 heavy (non-hydrogen) atoms. The summed E-state index contributed by atoms with van der Waals surface area (Å²) in [7, 11) is 1.86. The normalized spacial score (nSPS) is 10.9. The molecule has 3 aromatic rings. The van der Waals surface area contributed by atoms with Gasteiger partial charge in [-0.25, -0.2) is 15.8 Å². The fraction of sp³-hybridized carbons (Fsp3) is 0.0833. The zero-order valence-corrected chi connectivity index (χ0v) is 14.8. The van der Waals surface area contributed by atoms with Crippen LogP contribution in [-0.2, 0) is 7.05 Å². The van der Waals surface area contributed by atoms with E-state index in [1.807, 2.05) is 19.3 Å². The third-order valence-electron chi connectivity index (χ3n) is 2.74. The number of aromatic nitrogens is 4. The number of nitrogens with two attached hydrogens (primary N) is 1. The van der Waals surface area contributed by atoms with Crippen LogP contribution < -0.4 is 11.3 Å². The molecule has 0 aliphatic rings. The van der Waals surface area contributed by atoms with Gasteiger partial charge in [-0.2, -0.15) is 5.10 Å². The van der Waals surface area contributed by atoms with Crippen LogP contribution in [0.5, 0.6) is 0 Å². The fourth-order valence-electron chi connectivity index (χ4n) is 1.79. The van der Waals surface area contributed by atoms with E-state index in [2.05, 4.69) is 52.4 Å². The monoisotopic (exact) mass is 428 g/mol. The van der Waals surface area contributed by atoms with Gasteiger partial charge in [-0.05, 0) is 37.9 Å². The molecule has 6 nitrogen and oxygen atoms in total. The van der Waals surface area contributed by atoms with Gasteiger partial charge in [0.05, 0.1) is 20.6 Å². The summed E-state index contributed by atoms with van der Waals surface area (Å²) in [4.78, 5) is 9.94. The molecule has 0 saturated heterocycles. The number of nitrogens with zero attached hydrogens (tertiary/aromatic N) is 4. The minimum Gasteiger partial charge on any atom is -0.308 e. The lowest BCUT2D eigenvalue weighted by Crippen LogP contribution is -2.09. The molecule has 0 saturated carbocycles. The number of thiophene rings is 1. The van der Waals surface area contributed by atoms with Crippen molar-refractivity contribution in [2.24, 2.45) is 12.9 Å². The topological polar surface area (TPSA) is 81.7 Å². The van der Waals surface area contributed by atoms with Crippen molar-refractivity contribution in [1.82, 2.24) is 19.7 Å². The van der Waals surface area contributed by atoms with Gasteiger partial charge in [-0.1, -0.05) is 0 Å². The molecule has 3 aromatic heterocycles. The van der Waals surface area contributed by atoms with E-state index in [1.165, 1.54) is 0 Å². The van der Waals surface area contributed by atoms with Gasteiger partial charge in [0.25, 0.3) is 0 Å². The SMILES string of the molecule is Cn1cc(-c2cc(NN)nc(-c3cc(Br)c(Br)s3)n2)cn1. The van der Waals surface area contributed by atoms with Crippen LogP contribution >= 0.6 is 43.2 Å². The van der Waals surface area contributed by atoms with E-state index >= 15 is 0 Å². The van der Waals surface area contributed by atoms with E-state index in [0.717, 1.165) is 24.4 Å². The summed E-state index contributed by atoms with van der Waals surface area (Å²) in [6.07, 6.45) is 3.65. The van der Waals surface area contributed by atoms with E-state index in [9.17, 15) is 0 Å². The molecule has 3 rings (SSSR count). The van der Waals surface area contributed by atoms with Crippen LogP contribution in [0.25, 0.3) is 22.0 Å². The second-order valence-electron chi connectivity index (χ2n) is 4.24. The number of hydrogen-bond acceptors (Lipinski definition) is 6. The third-order valence-corrected chi connectivity index (χ3v) is 5.99. The molecule has 0 aromatic carbocycles. The van der Waals surface area contributed by atoms with Crippen LogP contribution in [0.15, 0.2) is 32.8 Å². The van der Waals surface area contributed by atoms with Gasteiger partial charge in [0.2, 0.25) is 0 Å². The smallest absolute Gasteiger partial charge is 0.172 e. The van der Waals surface area contributed by atoms with Crippen molar-refractivity contribution in [3.05, 3.63) is 32.8 Å². The van der Waals surface area contributed by atoms with Crippen molar-refractivity contribution in [3.63, 3.8) is 0 Å². The number of hydrogen-bond donors (Lipinski definition) is 2. The van der Waals surface area contributed by atoms with Crippen molar-refractivity contribution in [2.75, 3.05) is 5.43 Å². The molecule has 0 amide bonds. The maximum absolute atomic E-state index is 5.51. The maximum Gasteiger partial charge on any atom is 0.172 e.